The van der Waals surface area contributed by atoms with Gasteiger partial charge < -0.3 is 0 Å². The average molecular weight is 347 g/mol. The third-order valence-electron chi connectivity index (χ3n) is 0.937. The quantitative estimate of drug-likeness (QED) is 0.350. The van der Waals surface area contributed by atoms with Crippen LogP contribution in [0, 0.1) is 0 Å². The van der Waals surface area contributed by atoms with E-state index >= 15 is 0 Å². The standard InChI is InChI=1S/C3H7O3S.H3NO6S2.2Na.H/c1-2-3-7(4,5)6;1-8(2,3)7-9(4,5)6;;;/h1-3H2,(H,4,5,6);(H2,1,2,3)(H,4,5,6);;;. The van der Waals surface area contributed by atoms with Gasteiger partial charge in [0.2, 0.25) is 0 Å². The maximum absolute atomic E-state index is 9.96. The van der Waals surface area contributed by atoms with Gasteiger partial charge in [0.15, 0.2) is 0 Å². The normalized spacial score (nSPS) is 12.1. The summed E-state index contributed by atoms with van der Waals surface area (Å²) in [5.74, 6) is -0.0729. The topological polar surface area (TPSA) is 178 Å². The number of hydrogen-bond acceptors (Lipinski definition) is 7. The molecule has 0 fully saturated rings. The summed E-state index contributed by atoms with van der Waals surface area (Å²) in [6.07, 6.45) is 0.602. The molecule has 0 spiro atoms. The van der Waals surface area contributed by atoms with Crippen molar-refractivity contribution in [1.29, 1.82) is 0 Å². The van der Waals surface area contributed by atoms with Crippen LogP contribution in [-0.4, -0.2) is 97.6 Å². The van der Waals surface area contributed by atoms with E-state index in [2.05, 4.69) is 8.77 Å². The number of hydrogen-bond donors (Lipinski definition) is 3. The second kappa shape index (κ2) is 10.4. The van der Waals surface area contributed by atoms with Crippen molar-refractivity contribution in [2.45, 2.75) is 10.1 Å². The van der Waals surface area contributed by atoms with Crippen LogP contribution >= 0.6 is 0 Å². The number of nitrogens with two attached hydrogens (primary N) is 1. The van der Waals surface area contributed by atoms with Crippen molar-refractivity contribution in [2.24, 2.45) is 5.14 Å². The van der Waals surface area contributed by atoms with Crippen molar-refractivity contribution in [3.8, 4) is 0 Å². The van der Waals surface area contributed by atoms with E-state index in [4.69, 9.17) is 9.11 Å². The van der Waals surface area contributed by atoms with Gasteiger partial charge in [-0.05, 0) is 0 Å². The third-order valence-corrected chi connectivity index (χ3v) is 3.89. The van der Waals surface area contributed by atoms with Crippen molar-refractivity contribution in [3.05, 3.63) is 0 Å². The summed E-state index contributed by atoms with van der Waals surface area (Å²) in [4.78, 5) is 0. The Bertz CT molecular complexity index is 477. The van der Waals surface area contributed by atoms with Gasteiger partial charge in [-0.1, -0.05) is 0 Å². The molecule has 15 heteroatoms. The van der Waals surface area contributed by atoms with E-state index in [1.165, 1.54) is 0 Å². The Morgan fingerprint density at radius 2 is 1.44 bits per heavy atom. The molecule has 0 atom stereocenters. The second-order valence-corrected chi connectivity index (χ2v) is 7.59. The van der Waals surface area contributed by atoms with Gasteiger partial charge in [-0.15, -0.1) is 3.63 Å². The van der Waals surface area contributed by atoms with Gasteiger partial charge in [0, 0.05) is 0 Å². The van der Waals surface area contributed by atoms with Crippen LogP contribution in [0.2, 0.25) is 3.67 Å². The first-order valence-electron chi connectivity index (χ1n) is 3.93. The third kappa shape index (κ3) is 30.6. The molecule has 10 nitrogen and oxygen atoms in total. The molecule has 0 radical (unpaired) electrons. The van der Waals surface area contributed by atoms with Gasteiger partial charge in [-0.2, -0.15) is 16.8 Å². The Kier molecular flexibility index (Phi) is 14.3. The summed E-state index contributed by atoms with van der Waals surface area (Å²) in [7, 11) is -13.3. The Morgan fingerprint density at radius 3 is 1.50 bits per heavy atom. The minimum atomic E-state index is -4.99. The first kappa shape index (κ1) is 24.7. The predicted octanol–water partition coefficient (Wildman–Crippen LogP) is -2.79. The molecule has 0 aliphatic heterocycles. The summed E-state index contributed by atoms with van der Waals surface area (Å²) in [5.41, 5.74) is 0. The first-order chi connectivity index (χ1) is 7.27. The maximum atomic E-state index is 9.96. The zero-order valence-electron chi connectivity index (χ0n) is 8.68. The fourth-order valence-electron chi connectivity index (χ4n) is 0.447. The molecule has 0 heterocycles. The Hall–Kier alpha value is 1.69. The van der Waals surface area contributed by atoms with Gasteiger partial charge in [0.25, 0.3) is 0 Å². The van der Waals surface area contributed by atoms with Crippen molar-refractivity contribution >= 4 is 88.3 Å². The van der Waals surface area contributed by atoms with E-state index in [0.717, 1.165) is 31.6 Å². The van der Waals surface area contributed by atoms with Crippen molar-refractivity contribution in [2.75, 3.05) is 5.75 Å². The van der Waals surface area contributed by atoms with E-state index < -0.39 is 30.8 Å². The molecular weight excluding hydrogens is 336 g/mol. The summed E-state index contributed by atoms with van der Waals surface area (Å²) >= 11 is 1.01. The zero-order chi connectivity index (χ0) is 14.3. The van der Waals surface area contributed by atoms with Crippen LogP contribution in [0.15, 0.2) is 0 Å². The SMILES string of the molecule is NS(=O)(=O)OS(=O)(=O)O.O=S(=O)(O)CC[CH2][Na].[NaH]. The van der Waals surface area contributed by atoms with Gasteiger partial charge in [-0.3, -0.25) is 4.55 Å². The fraction of sp³-hybridized carbons (Fsp3) is 1.00. The fourth-order valence-corrected chi connectivity index (χ4v) is 2.92. The van der Waals surface area contributed by atoms with Crippen LogP contribution in [0.3, 0.4) is 0 Å². The summed E-state index contributed by atoms with van der Waals surface area (Å²) < 4.78 is 77.9. The Morgan fingerprint density at radius 1 is 1.06 bits per heavy atom. The molecule has 0 aromatic heterocycles. The van der Waals surface area contributed by atoms with Gasteiger partial charge in [-0.25, -0.2) is 5.14 Å². The molecule has 0 aliphatic rings. The molecule has 0 amide bonds. The average Bonchev–Trinajstić information content (AvgIpc) is 1.93. The number of rotatable bonds is 5. The van der Waals surface area contributed by atoms with E-state index in [1.54, 1.807) is 0 Å². The van der Waals surface area contributed by atoms with Crippen LogP contribution in [0.25, 0.3) is 0 Å². The molecule has 0 saturated heterocycles. The molecule has 18 heavy (non-hydrogen) atoms. The van der Waals surface area contributed by atoms with Crippen LogP contribution in [0.5, 0.6) is 0 Å². The second-order valence-electron chi connectivity index (χ2n) is 2.63. The predicted molar refractivity (Wildman–Crippen MR) is 64.5 cm³/mol. The molecule has 0 aromatic rings. The Labute approximate surface area is 145 Å². The van der Waals surface area contributed by atoms with Crippen molar-refractivity contribution in [1.82, 2.24) is 0 Å². The molecule has 0 aromatic carbocycles. The van der Waals surface area contributed by atoms with Crippen LogP contribution in [-0.2, 0) is 34.5 Å². The minimum absolute atomic E-state index is 0. The van der Waals surface area contributed by atoms with E-state index in [9.17, 15) is 25.3 Å². The molecule has 0 aliphatic carbocycles. The molecule has 0 saturated carbocycles. The Balaban J connectivity index is -0.000000238. The summed E-state index contributed by atoms with van der Waals surface area (Å²) in [6.45, 7) is 0. The first-order valence-corrected chi connectivity index (χ1v) is 9.79. The monoisotopic (exact) mass is 347 g/mol. The van der Waals surface area contributed by atoms with Crippen molar-refractivity contribution < 1.29 is 38.0 Å². The molecule has 0 bridgehead atoms. The zero-order valence-corrected chi connectivity index (χ0v) is 13.1. The molecule has 0 rings (SSSR count). The van der Waals surface area contributed by atoms with Gasteiger partial charge in [0.05, 0.1) is 0 Å². The molecule has 4 N–H and O–H groups in total. The van der Waals surface area contributed by atoms with Crippen molar-refractivity contribution in [3.63, 3.8) is 0 Å². The van der Waals surface area contributed by atoms with Gasteiger partial charge in [0.1, 0.15) is 0 Å². The van der Waals surface area contributed by atoms with E-state index in [1.807, 2.05) is 0 Å². The summed E-state index contributed by atoms with van der Waals surface area (Å²) in [6, 6.07) is 0. The van der Waals surface area contributed by atoms with Gasteiger partial charge >= 0.3 is 117 Å². The van der Waals surface area contributed by atoms with E-state index in [0.29, 0.717) is 6.42 Å². The van der Waals surface area contributed by atoms with E-state index in [-0.39, 0.29) is 35.3 Å². The molecular formula is C3H11NNa2O9S3. The van der Waals surface area contributed by atoms with Crippen LogP contribution < -0.4 is 5.14 Å². The summed E-state index contributed by atoms with van der Waals surface area (Å²) in [5, 5.41) is 4.03. The van der Waals surface area contributed by atoms with Crippen LogP contribution in [0.4, 0.5) is 0 Å². The van der Waals surface area contributed by atoms with Crippen LogP contribution in [0.1, 0.15) is 6.42 Å². The molecule has 102 valence electrons. The molecule has 0 unspecified atom stereocenters.